The first-order chi connectivity index (χ1) is 19.6. The van der Waals surface area contributed by atoms with E-state index in [1.165, 1.54) is 0 Å². The van der Waals surface area contributed by atoms with Gasteiger partial charge < -0.3 is 19.7 Å². The molecule has 2 bridgehead atoms. The van der Waals surface area contributed by atoms with Gasteiger partial charge in [0.2, 0.25) is 0 Å². The molecular formula is C28H31F4N5O4. The van der Waals surface area contributed by atoms with E-state index in [1.807, 2.05) is 12.1 Å². The zero-order valence-electron chi connectivity index (χ0n) is 22.2. The van der Waals surface area contributed by atoms with Crippen LogP contribution in [0.3, 0.4) is 0 Å². The Bertz CT molecular complexity index is 1350. The standard InChI is InChI=1S/C28H31F4N5O4/c29-20-3-6-23(24(30)11-20)27(39,17-37-18-33-34-35-37)28(31,32)26-14-25(15-26,16-26)19-1-4-22(5-2-19)41-13-21(38)12-36-7-9-40-10-8-36/h1-6,11,18,21,38-39H,7-10,12-17H2. The van der Waals surface area contributed by atoms with Crippen LogP contribution in [0.5, 0.6) is 5.75 Å². The maximum atomic E-state index is 16.3. The van der Waals surface area contributed by atoms with Crippen LogP contribution >= 0.6 is 0 Å². The highest BCUT2D eigenvalue weighted by molar-refractivity contribution is 5.44. The number of ether oxygens (including phenoxy) is 2. The first-order valence-electron chi connectivity index (χ1n) is 13.5. The van der Waals surface area contributed by atoms with E-state index in [-0.39, 0.29) is 25.9 Å². The van der Waals surface area contributed by atoms with E-state index in [0.29, 0.717) is 31.6 Å². The maximum absolute atomic E-state index is 16.3. The third kappa shape index (κ3) is 4.78. The Morgan fingerprint density at radius 1 is 1.05 bits per heavy atom. The lowest BCUT2D eigenvalue weighted by atomic mass is 9.30. The molecule has 3 aromatic rings. The van der Waals surface area contributed by atoms with E-state index in [9.17, 15) is 19.0 Å². The fourth-order valence-electron chi connectivity index (χ4n) is 6.76. The van der Waals surface area contributed by atoms with Crippen molar-refractivity contribution in [3.05, 3.63) is 71.6 Å². The van der Waals surface area contributed by atoms with Crippen molar-refractivity contribution in [1.29, 1.82) is 0 Å². The van der Waals surface area contributed by atoms with Crippen LogP contribution in [0.2, 0.25) is 0 Å². The van der Waals surface area contributed by atoms with Gasteiger partial charge in [-0.15, -0.1) is 5.10 Å². The number of aliphatic hydroxyl groups is 2. The Balaban J connectivity index is 1.13. The average Bonchev–Trinajstić information content (AvgIpc) is 3.40. The van der Waals surface area contributed by atoms with Crippen LogP contribution in [-0.4, -0.2) is 86.8 Å². The molecule has 7 rings (SSSR count). The second kappa shape index (κ2) is 10.3. The number of halogens is 4. The molecule has 2 N–H and O–H groups in total. The largest absolute Gasteiger partial charge is 0.491 e. The number of aromatic nitrogens is 4. The Labute approximate surface area is 233 Å². The zero-order chi connectivity index (χ0) is 28.9. The van der Waals surface area contributed by atoms with Crippen LogP contribution in [0, 0.1) is 17.0 Å². The van der Waals surface area contributed by atoms with Crippen molar-refractivity contribution in [1.82, 2.24) is 25.1 Å². The first-order valence-corrected chi connectivity index (χ1v) is 13.5. The Morgan fingerprint density at radius 3 is 2.39 bits per heavy atom. The number of aliphatic hydroxyl groups excluding tert-OH is 1. The van der Waals surface area contributed by atoms with Crippen molar-refractivity contribution in [2.24, 2.45) is 5.41 Å². The molecule has 3 aliphatic carbocycles. The van der Waals surface area contributed by atoms with Crippen LogP contribution in [0.4, 0.5) is 17.6 Å². The van der Waals surface area contributed by atoms with Crippen molar-refractivity contribution >= 4 is 0 Å². The van der Waals surface area contributed by atoms with Crippen molar-refractivity contribution in [2.45, 2.75) is 48.8 Å². The molecule has 2 heterocycles. The summed E-state index contributed by atoms with van der Waals surface area (Å²) in [4.78, 5) is 2.11. The summed E-state index contributed by atoms with van der Waals surface area (Å²) < 4.78 is 73.1. The average molecular weight is 578 g/mol. The summed E-state index contributed by atoms with van der Waals surface area (Å²) in [6, 6.07) is 9.34. The molecule has 9 nitrogen and oxygen atoms in total. The quantitative estimate of drug-likeness (QED) is 0.336. The monoisotopic (exact) mass is 577 g/mol. The molecule has 0 radical (unpaired) electrons. The fraction of sp³-hybridized carbons (Fsp3) is 0.536. The molecule has 4 fully saturated rings. The van der Waals surface area contributed by atoms with Gasteiger partial charge in [0.15, 0.2) is 5.60 Å². The number of rotatable bonds is 11. The van der Waals surface area contributed by atoms with Gasteiger partial charge in [-0.25, -0.2) is 22.2 Å². The molecule has 1 aliphatic heterocycles. The van der Waals surface area contributed by atoms with Gasteiger partial charge in [0.25, 0.3) is 5.92 Å². The van der Waals surface area contributed by atoms with Crippen LogP contribution in [-0.2, 0) is 22.3 Å². The number of benzene rings is 2. The lowest BCUT2D eigenvalue weighted by Gasteiger charge is -2.74. The summed E-state index contributed by atoms with van der Waals surface area (Å²) in [5, 5.41) is 32.2. The van der Waals surface area contributed by atoms with Gasteiger partial charge >= 0.3 is 0 Å². The van der Waals surface area contributed by atoms with Gasteiger partial charge in [0, 0.05) is 36.7 Å². The van der Waals surface area contributed by atoms with Gasteiger partial charge in [-0.05, 0) is 64.9 Å². The maximum Gasteiger partial charge on any atom is 0.287 e. The molecule has 13 heteroatoms. The van der Waals surface area contributed by atoms with Crippen molar-refractivity contribution in [2.75, 3.05) is 39.5 Å². The molecule has 2 unspecified atom stereocenters. The molecule has 3 saturated carbocycles. The smallest absolute Gasteiger partial charge is 0.287 e. The minimum Gasteiger partial charge on any atom is -0.491 e. The van der Waals surface area contributed by atoms with E-state index < -0.39 is 52.2 Å². The van der Waals surface area contributed by atoms with Gasteiger partial charge in [0.1, 0.15) is 36.4 Å². The van der Waals surface area contributed by atoms with Gasteiger partial charge in [-0.2, -0.15) is 0 Å². The summed E-state index contributed by atoms with van der Waals surface area (Å²) in [5.74, 6) is -5.44. The molecule has 2 atom stereocenters. The highest BCUT2D eigenvalue weighted by atomic mass is 19.3. The highest BCUT2D eigenvalue weighted by Crippen LogP contribution is 2.80. The third-order valence-corrected chi connectivity index (χ3v) is 8.86. The van der Waals surface area contributed by atoms with Gasteiger partial charge in [0.05, 0.1) is 19.8 Å². The number of hydrogen-bond acceptors (Lipinski definition) is 8. The van der Waals surface area contributed by atoms with Crippen LogP contribution < -0.4 is 4.74 Å². The molecule has 1 aromatic heterocycles. The SMILES string of the molecule is OC(COc1ccc(C23CC(C(F)(F)C(O)(Cn4cnnn4)c4ccc(F)cc4F)(C2)C3)cc1)CN1CCOCC1. The second-order valence-corrected chi connectivity index (χ2v) is 11.6. The van der Waals surface area contributed by atoms with Crippen LogP contribution in [0.1, 0.15) is 30.4 Å². The number of alkyl halides is 2. The molecule has 0 spiro atoms. The lowest BCUT2D eigenvalue weighted by molar-refractivity contribution is -0.347. The molecule has 220 valence electrons. The molecule has 0 amide bonds. The number of morpholine rings is 1. The van der Waals surface area contributed by atoms with Gasteiger partial charge in [-0.1, -0.05) is 12.1 Å². The fourth-order valence-corrected chi connectivity index (χ4v) is 6.76. The Morgan fingerprint density at radius 2 is 1.76 bits per heavy atom. The lowest BCUT2D eigenvalue weighted by Crippen LogP contribution is -2.76. The van der Waals surface area contributed by atoms with E-state index >= 15 is 8.78 Å². The summed E-state index contributed by atoms with van der Waals surface area (Å²) in [6.07, 6.45) is 0.660. The van der Waals surface area contributed by atoms with Crippen LogP contribution in [0.25, 0.3) is 0 Å². The minimum atomic E-state index is -3.79. The van der Waals surface area contributed by atoms with Crippen molar-refractivity contribution < 1.29 is 37.2 Å². The van der Waals surface area contributed by atoms with E-state index in [0.717, 1.165) is 41.8 Å². The predicted octanol–water partition coefficient (Wildman–Crippen LogP) is 2.67. The number of β-amino-alcohol motifs (C(OH)–C–C–N with tert-alkyl or cyclic N) is 1. The van der Waals surface area contributed by atoms with Crippen molar-refractivity contribution in [3.8, 4) is 5.75 Å². The predicted molar refractivity (Wildman–Crippen MR) is 136 cm³/mol. The topological polar surface area (TPSA) is 106 Å². The first kappa shape index (κ1) is 28.0. The van der Waals surface area contributed by atoms with E-state index in [1.54, 1.807) is 12.1 Å². The molecule has 4 aliphatic rings. The van der Waals surface area contributed by atoms with Crippen LogP contribution in [0.15, 0.2) is 48.8 Å². The summed E-state index contributed by atoms with van der Waals surface area (Å²) in [5.41, 5.74) is -4.93. The molecular weight excluding hydrogens is 546 g/mol. The van der Waals surface area contributed by atoms with Crippen molar-refractivity contribution in [3.63, 3.8) is 0 Å². The number of hydrogen-bond donors (Lipinski definition) is 2. The van der Waals surface area contributed by atoms with E-state index in [2.05, 4.69) is 20.4 Å². The number of nitrogens with zero attached hydrogens (tertiary/aromatic N) is 5. The highest BCUT2D eigenvalue weighted by Gasteiger charge is 2.82. The second-order valence-electron chi connectivity index (χ2n) is 11.6. The Hall–Kier alpha value is -3.13. The Kier molecular flexibility index (Phi) is 7.04. The molecule has 2 aromatic carbocycles. The third-order valence-electron chi connectivity index (χ3n) is 8.86. The van der Waals surface area contributed by atoms with Gasteiger partial charge in [-0.3, -0.25) is 4.90 Å². The normalized spacial score (nSPS) is 26.5. The molecule has 1 saturated heterocycles. The summed E-state index contributed by atoms with van der Waals surface area (Å²) >= 11 is 0. The van der Waals surface area contributed by atoms with E-state index in [4.69, 9.17) is 9.47 Å². The molecule has 41 heavy (non-hydrogen) atoms. The minimum absolute atomic E-state index is 0.0895. The summed E-state index contributed by atoms with van der Waals surface area (Å²) in [6.45, 7) is 2.62. The number of tetrazole rings is 1. The summed E-state index contributed by atoms with van der Waals surface area (Å²) in [7, 11) is 0. The zero-order valence-corrected chi connectivity index (χ0v) is 22.2.